The van der Waals surface area contributed by atoms with Crippen molar-refractivity contribution in [2.45, 2.75) is 6.92 Å². The summed E-state index contributed by atoms with van der Waals surface area (Å²) in [7, 11) is 0. The van der Waals surface area contributed by atoms with Crippen molar-refractivity contribution >= 4 is 27.4 Å². The second-order valence-corrected chi connectivity index (χ2v) is 5.00. The second kappa shape index (κ2) is 6.05. The number of hydrogen-bond acceptors (Lipinski definition) is 3. The number of nitrogen functional groups attached to an aromatic ring is 1. The molecule has 0 aliphatic heterocycles. The van der Waals surface area contributed by atoms with E-state index in [-0.39, 0.29) is 11.3 Å². The van der Waals surface area contributed by atoms with Gasteiger partial charge in [-0.1, -0.05) is 0 Å². The molecule has 0 aliphatic rings. The monoisotopic (exact) mass is 337 g/mol. The molecule has 0 unspecified atom stereocenters. The van der Waals surface area contributed by atoms with Crippen molar-refractivity contribution < 1.29 is 13.9 Å². The van der Waals surface area contributed by atoms with Crippen LogP contribution in [0.5, 0.6) is 5.75 Å². The largest absolute Gasteiger partial charge is 0.494 e. The first kappa shape index (κ1) is 14.5. The molecule has 0 saturated carbocycles. The van der Waals surface area contributed by atoms with E-state index in [1.165, 1.54) is 12.1 Å². The van der Waals surface area contributed by atoms with E-state index in [1.807, 2.05) is 6.92 Å². The van der Waals surface area contributed by atoms with Crippen molar-refractivity contribution in [3.63, 3.8) is 0 Å². The Morgan fingerprint density at radius 3 is 2.55 bits per heavy atom. The number of nitrogens with two attached hydrogens (primary N) is 1. The lowest BCUT2D eigenvalue weighted by Crippen LogP contribution is -2.06. The van der Waals surface area contributed by atoms with Crippen LogP contribution in [0.4, 0.5) is 10.1 Å². The Kier molecular flexibility index (Phi) is 4.39. The van der Waals surface area contributed by atoms with Gasteiger partial charge in [-0.25, -0.2) is 4.39 Å². The van der Waals surface area contributed by atoms with Crippen LogP contribution in [0.15, 0.2) is 40.9 Å². The maximum atomic E-state index is 13.8. The number of ketones is 1. The van der Waals surface area contributed by atoms with Crippen molar-refractivity contribution in [2.75, 3.05) is 12.3 Å². The molecule has 0 saturated heterocycles. The molecule has 0 radical (unpaired) electrons. The van der Waals surface area contributed by atoms with Gasteiger partial charge >= 0.3 is 0 Å². The molecule has 0 aromatic heterocycles. The summed E-state index contributed by atoms with van der Waals surface area (Å²) in [6.45, 7) is 2.41. The Morgan fingerprint density at radius 2 is 1.95 bits per heavy atom. The van der Waals surface area contributed by atoms with Crippen molar-refractivity contribution in [3.8, 4) is 5.75 Å². The zero-order chi connectivity index (χ0) is 14.7. The van der Waals surface area contributed by atoms with E-state index in [4.69, 9.17) is 10.5 Å². The first-order chi connectivity index (χ1) is 9.52. The molecule has 5 heteroatoms. The van der Waals surface area contributed by atoms with Crippen LogP contribution in [0, 0.1) is 5.82 Å². The maximum Gasteiger partial charge on any atom is 0.197 e. The minimum absolute atomic E-state index is 0.0101. The smallest absolute Gasteiger partial charge is 0.197 e. The number of ether oxygens (including phenoxy) is 1. The standard InChI is InChI=1S/C15H13BrFNO2/c1-2-20-10-4-6-11(13(16)8-10)15(19)12-5-3-9(18)7-14(12)17/h3-8H,2,18H2,1H3. The van der Waals surface area contributed by atoms with Gasteiger partial charge in [0.2, 0.25) is 0 Å². The number of benzene rings is 2. The highest BCUT2D eigenvalue weighted by atomic mass is 79.9. The molecule has 0 heterocycles. The number of hydrogen-bond donors (Lipinski definition) is 1. The summed E-state index contributed by atoms with van der Waals surface area (Å²) in [6, 6.07) is 8.99. The fraction of sp³-hybridized carbons (Fsp3) is 0.133. The van der Waals surface area contributed by atoms with Crippen molar-refractivity contribution in [1.82, 2.24) is 0 Å². The highest BCUT2D eigenvalue weighted by molar-refractivity contribution is 9.10. The Hall–Kier alpha value is -1.88. The molecule has 3 nitrogen and oxygen atoms in total. The molecule has 2 aromatic rings. The molecule has 0 atom stereocenters. The Morgan fingerprint density at radius 1 is 1.25 bits per heavy atom. The highest BCUT2D eigenvalue weighted by Gasteiger charge is 2.17. The third-order valence-electron chi connectivity index (χ3n) is 2.73. The molecule has 2 N–H and O–H groups in total. The lowest BCUT2D eigenvalue weighted by molar-refractivity contribution is 0.103. The summed E-state index contributed by atoms with van der Waals surface area (Å²) in [4.78, 5) is 12.3. The predicted molar refractivity (Wildman–Crippen MR) is 79.6 cm³/mol. The molecule has 0 fully saturated rings. The van der Waals surface area contributed by atoms with Crippen LogP contribution >= 0.6 is 15.9 Å². The number of carbonyl (C=O) groups is 1. The maximum absolute atomic E-state index is 13.8. The van der Waals surface area contributed by atoms with E-state index in [0.29, 0.717) is 22.4 Å². The average molecular weight is 338 g/mol. The lowest BCUT2D eigenvalue weighted by Gasteiger charge is -2.08. The number of carbonyl (C=O) groups excluding carboxylic acids is 1. The summed E-state index contributed by atoms with van der Waals surface area (Å²) >= 11 is 3.31. The molecule has 0 amide bonds. The molecule has 0 spiro atoms. The zero-order valence-electron chi connectivity index (χ0n) is 10.8. The van der Waals surface area contributed by atoms with Crippen LogP contribution in [0.2, 0.25) is 0 Å². The quantitative estimate of drug-likeness (QED) is 0.681. The van der Waals surface area contributed by atoms with E-state index < -0.39 is 11.6 Å². The molecule has 2 rings (SSSR count). The first-order valence-corrected chi connectivity index (χ1v) is 6.84. The molecular weight excluding hydrogens is 325 g/mol. The fourth-order valence-electron chi connectivity index (χ4n) is 1.80. The number of rotatable bonds is 4. The van der Waals surface area contributed by atoms with Gasteiger partial charge in [-0.05, 0) is 59.3 Å². The van der Waals surface area contributed by atoms with Crippen LogP contribution in [0.25, 0.3) is 0 Å². The Balaban J connectivity index is 2.38. The van der Waals surface area contributed by atoms with Gasteiger partial charge in [0.05, 0.1) is 12.2 Å². The first-order valence-electron chi connectivity index (χ1n) is 6.05. The highest BCUT2D eigenvalue weighted by Crippen LogP contribution is 2.26. The zero-order valence-corrected chi connectivity index (χ0v) is 12.4. The second-order valence-electron chi connectivity index (χ2n) is 4.14. The average Bonchev–Trinajstić information content (AvgIpc) is 2.38. The SMILES string of the molecule is CCOc1ccc(C(=O)c2ccc(N)cc2F)c(Br)c1. The van der Waals surface area contributed by atoms with Crippen molar-refractivity contribution in [3.05, 3.63) is 57.8 Å². The summed E-state index contributed by atoms with van der Waals surface area (Å²) in [5.74, 6) is -0.387. The minimum atomic E-state index is -0.629. The van der Waals surface area contributed by atoms with Gasteiger partial charge in [-0.2, -0.15) is 0 Å². The van der Waals surface area contributed by atoms with Gasteiger partial charge < -0.3 is 10.5 Å². The van der Waals surface area contributed by atoms with Gasteiger partial charge in [0.15, 0.2) is 5.78 Å². The molecule has 0 aliphatic carbocycles. The van der Waals surface area contributed by atoms with E-state index in [2.05, 4.69) is 15.9 Å². The van der Waals surface area contributed by atoms with Gasteiger partial charge in [0.1, 0.15) is 11.6 Å². The number of halogens is 2. The normalized spacial score (nSPS) is 10.3. The van der Waals surface area contributed by atoms with Crippen LogP contribution in [0.3, 0.4) is 0 Å². The molecule has 0 bridgehead atoms. The van der Waals surface area contributed by atoms with Crippen LogP contribution in [0.1, 0.15) is 22.8 Å². The van der Waals surface area contributed by atoms with Crippen LogP contribution in [-0.4, -0.2) is 12.4 Å². The van der Waals surface area contributed by atoms with Crippen LogP contribution < -0.4 is 10.5 Å². The van der Waals surface area contributed by atoms with E-state index in [9.17, 15) is 9.18 Å². The van der Waals surface area contributed by atoms with E-state index in [1.54, 1.807) is 18.2 Å². The van der Waals surface area contributed by atoms with Gasteiger partial charge in [0, 0.05) is 15.7 Å². The number of anilines is 1. The van der Waals surface area contributed by atoms with E-state index >= 15 is 0 Å². The molecular formula is C15H13BrFNO2. The van der Waals surface area contributed by atoms with Gasteiger partial charge in [-0.15, -0.1) is 0 Å². The van der Waals surface area contributed by atoms with Crippen molar-refractivity contribution in [2.24, 2.45) is 0 Å². The van der Waals surface area contributed by atoms with Crippen molar-refractivity contribution in [1.29, 1.82) is 0 Å². The Bertz CT molecular complexity index is 658. The summed E-state index contributed by atoms with van der Waals surface area (Å²) < 4.78 is 19.7. The molecule has 2 aromatic carbocycles. The minimum Gasteiger partial charge on any atom is -0.494 e. The Labute approximate surface area is 124 Å². The fourth-order valence-corrected chi connectivity index (χ4v) is 2.33. The lowest BCUT2D eigenvalue weighted by atomic mass is 10.0. The van der Waals surface area contributed by atoms with Gasteiger partial charge in [0.25, 0.3) is 0 Å². The van der Waals surface area contributed by atoms with E-state index in [0.717, 1.165) is 6.07 Å². The summed E-state index contributed by atoms with van der Waals surface area (Å²) in [5, 5.41) is 0. The topological polar surface area (TPSA) is 52.3 Å². The third kappa shape index (κ3) is 2.99. The summed E-state index contributed by atoms with van der Waals surface area (Å²) in [6.07, 6.45) is 0. The summed E-state index contributed by atoms with van der Waals surface area (Å²) in [5.41, 5.74) is 6.12. The third-order valence-corrected chi connectivity index (χ3v) is 3.39. The van der Waals surface area contributed by atoms with Crippen LogP contribution in [-0.2, 0) is 0 Å². The predicted octanol–water partition coefficient (Wildman–Crippen LogP) is 3.80. The van der Waals surface area contributed by atoms with Gasteiger partial charge in [-0.3, -0.25) is 4.79 Å². The molecule has 20 heavy (non-hydrogen) atoms. The molecule has 104 valence electrons.